The molecule has 1 fully saturated rings. The van der Waals surface area contributed by atoms with Crippen molar-refractivity contribution in [1.29, 1.82) is 0 Å². The minimum atomic E-state index is -3.48. The van der Waals surface area contributed by atoms with Crippen molar-refractivity contribution in [3.05, 3.63) is 60.0 Å². The minimum absolute atomic E-state index is 0.00778. The Morgan fingerprint density at radius 3 is 2.38 bits per heavy atom. The standard InChI is InChI=1S/C21H23NO6S/c1-27-20(23)18-12-5-6-13-22(19(18)21(24)28-2)15-8-7-11-17(14-15)29(25,26)16-9-3-4-10-16/h5-8,11-14,16H,3-4,9-10H2,1-2H3. The van der Waals surface area contributed by atoms with Crippen LogP contribution in [0.5, 0.6) is 0 Å². The van der Waals surface area contributed by atoms with Gasteiger partial charge in [0.25, 0.3) is 0 Å². The van der Waals surface area contributed by atoms with Crippen molar-refractivity contribution in [3.63, 3.8) is 0 Å². The van der Waals surface area contributed by atoms with Gasteiger partial charge in [-0.15, -0.1) is 0 Å². The Hall–Kier alpha value is -2.87. The predicted molar refractivity (Wildman–Crippen MR) is 108 cm³/mol. The summed E-state index contributed by atoms with van der Waals surface area (Å²) >= 11 is 0. The molecule has 1 aromatic carbocycles. The van der Waals surface area contributed by atoms with Crippen LogP contribution in [0.4, 0.5) is 5.69 Å². The van der Waals surface area contributed by atoms with E-state index >= 15 is 0 Å². The molecule has 2 aliphatic rings. The number of hydrogen-bond acceptors (Lipinski definition) is 7. The molecular formula is C21H23NO6S. The van der Waals surface area contributed by atoms with Crippen LogP contribution in [-0.4, -0.2) is 39.8 Å². The van der Waals surface area contributed by atoms with E-state index in [1.807, 2.05) is 0 Å². The molecule has 0 saturated heterocycles. The summed E-state index contributed by atoms with van der Waals surface area (Å²) in [4.78, 5) is 26.4. The van der Waals surface area contributed by atoms with Crippen molar-refractivity contribution in [3.8, 4) is 0 Å². The van der Waals surface area contributed by atoms with Gasteiger partial charge in [0, 0.05) is 11.9 Å². The molecular weight excluding hydrogens is 394 g/mol. The lowest BCUT2D eigenvalue weighted by molar-refractivity contribution is -0.139. The van der Waals surface area contributed by atoms with E-state index in [9.17, 15) is 18.0 Å². The first kappa shape index (κ1) is 20.9. The molecule has 29 heavy (non-hydrogen) atoms. The summed E-state index contributed by atoms with van der Waals surface area (Å²) in [6.45, 7) is 0. The molecule has 1 saturated carbocycles. The molecule has 1 aliphatic heterocycles. The highest BCUT2D eigenvalue weighted by atomic mass is 32.2. The monoisotopic (exact) mass is 417 g/mol. The molecule has 0 amide bonds. The predicted octanol–water partition coefficient (Wildman–Crippen LogP) is 2.89. The molecule has 0 aromatic heterocycles. The zero-order valence-electron chi connectivity index (χ0n) is 16.3. The van der Waals surface area contributed by atoms with Crippen molar-refractivity contribution in [1.82, 2.24) is 0 Å². The largest absolute Gasteiger partial charge is 0.465 e. The second-order valence-corrected chi connectivity index (χ2v) is 8.99. The summed E-state index contributed by atoms with van der Waals surface area (Å²) in [5.74, 6) is -1.45. The number of ether oxygens (including phenoxy) is 2. The van der Waals surface area contributed by atoms with Crippen molar-refractivity contribution < 1.29 is 27.5 Å². The van der Waals surface area contributed by atoms with E-state index in [-0.39, 0.29) is 21.4 Å². The SMILES string of the molecule is COC(=O)C1=C(C(=O)OC)N(c2cccc(S(=O)(=O)C3CCCC3)c2)C=CC=C1. The maximum Gasteiger partial charge on any atom is 0.355 e. The Morgan fingerprint density at radius 2 is 1.72 bits per heavy atom. The number of allylic oxidation sites excluding steroid dienone is 2. The number of anilines is 1. The third-order valence-electron chi connectivity index (χ3n) is 5.05. The summed E-state index contributed by atoms with van der Waals surface area (Å²) < 4.78 is 35.7. The van der Waals surface area contributed by atoms with Gasteiger partial charge in [0.1, 0.15) is 5.70 Å². The molecule has 1 aliphatic carbocycles. The highest BCUT2D eigenvalue weighted by Crippen LogP contribution is 2.33. The van der Waals surface area contributed by atoms with Gasteiger partial charge in [-0.05, 0) is 43.2 Å². The zero-order chi connectivity index (χ0) is 21.0. The number of rotatable bonds is 5. The van der Waals surface area contributed by atoms with Gasteiger partial charge in [-0.1, -0.05) is 25.0 Å². The summed E-state index contributed by atoms with van der Waals surface area (Å²) in [5, 5.41) is -0.389. The van der Waals surface area contributed by atoms with E-state index in [0.29, 0.717) is 18.5 Å². The van der Waals surface area contributed by atoms with Crippen LogP contribution in [0.15, 0.2) is 64.9 Å². The molecule has 1 heterocycles. The van der Waals surface area contributed by atoms with E-state index in [1.54, 1.807) is 36.6 Å². The number of carbonyl (C=O) groups is 2. The lowest BCUT2D eigenvalue weighted by atomic mass is 10.1. The first-order valence-electron chi connectivity index (χ1n) is 9.29. The van der Waals surface area contributed by atoms with E-state index in [1.165, 1.54) is 31.3 Å². The Bertz CT molecular complexity index is 1000. The second kappa shape index (κ2) is 8.65. The van der Waals surface area contributed by atoms with Gasteiger partial charge in [0.2, 0.25) is 0 Å². The number of benzene rings is 1. The van der Waals surface area contributed by atoms with Crippen LogP contribution in [0.25, 0.3) is 0 Å². The van der Waals surface area contributed by atoms with Gasteiger partial charge >= 0.3 is 11.9 Å². The smallest absolute Gasteiger partial charge is 0.355 e. The second-order valence-electron chi connectivity index (χ2n) is 6.76. The Kier molecular flexibility index (Phi) is 6.22. The maximum absolute atomic E-state index is 13.0. The third-order valence-corrected chi connectivity index (χ3v) is 7.31. The topological polar surface area (TPSA) is 90.0 Å². The Balaban J connectivity index is 2.11. The number of sulfone groups is 1. The summed E-state index contributed by atoms with van der Waals surface area (Å²) in [5.41, 5.74) is 0.374. The first-order valence-corrected chi connectivity index (χ1v) is 10.8. The molecule has 0 unspecified atom stereocenters. The molecule has 0 atom stereocenters. The number of methoxy groups -OCH3 is 2. The fourth-order valence-corrected chi connectivity index (χ4v) is 5.46. The van der Waals surface area contributed by atoms with Crippen molar-refractivity contribution in [2.45, 2.75) is 35.8 Å². The number of esters is 2. The van der Waals surface area contributed by atoms with Crippen molar-refractivity contribution >= 4 is 27.5 Å². The van der Waals surface area contributed by atoms with Crippen LogP contribution in [-0.2, 0) is 28.9 Å². The zero-order valence-corrected chi connectivity index (χ0v) is 17.1. The first-order chi connectivity index (χ1) is 13.9. The van der Waals surface area contributed by atoms with Crippen LogP contribution in [0, 0.1) is 0 Å². The minimum Gasteiger partial charge on any atom is -0.465 e. The van der Waals surface area contributed by atoms with Crippen LogP contribution in [0.3, 0.4) is 0 Å². The van der Waals surface area contributed by atoms with Crippen LogP contribution >= 0.6 is 0 Å². The third kappa shape index (κ3) is 4.12. The highest BCUT2D eigenvalue weighted by Gasteiger charge is 2.32. The number of nitrogens with zero attached hydrogens (tertiary/aromatic N) is 1. The molecule has 8 heteroatoms. The van der Waals surface area contributed by atoms with Gasteiger partial charge in [0.05, 0.1) is 29.9 Å². The Labute approximate surface area is 170 Å². The van der Waals surface area contributed by atoms with E-state index in [4.69, 9.17) is 9.47 Å². The van der Waals surface area contributed by atoms with Crippen LogP contribution < -0.4 is 4.90 Å². The van der Waals surface area contributed by atoms with E-state index in [0.717, 1.165) is 12.8 Å². The number of carbonyl (C=O) groups excluding carboxylic acids is 2. The Morgan fingerprint density at radius 1 is 1.03 bits per heavy atom. The fourth-order valence-electron chi connectivity index (χ4n) is 3.57. The normalized spacial score (nSPS) is 17.4. The average Bonchev–Trinajstić information content (AvgIpc) is 3.20. The average molecular weight is 417 g/mol. The molecule has 0 spiro atoms. The highest BCUT2D eigenvalue weighted by molar-refractivity contribution is 7.92. The maximum atomic E-state index is 13.0. The van der Waals surface area contributed by atoms with Crippen molar-refractivity contribution in [2.75, 3.05) is 19.1 Å². The lowest BCUT2D eigenvalue weighted by Gasteiger charge is -2.24. The molecule has 0 N–H and O–H groups in total. The summed E-state index contributed by atoms with van der Waals surface area (Å²) in [7, 11) is -1.05. The molecule has 3 rings (SSSR count). The quantitative estimate of drug-likeness (QED) is 0.681. The van der Waals surface area contributed by atoms with Gasteiger partial charge < -0.3 is 14.4 Å². The van der Waals surface area contributed by atoms with E-state index in [2.05, 4.69) is 0 Å². The van der Waals surface area contributed by atoms with Gasteiger partial charge in [0.15, 0.2) is 9.84 Å². The van der Waals surface area contributed by atoms with E-state index < -0.39 is 21.8 Å². The summed E-state index contributed by atoms with van der Waals surface area (Å²) in [6, 6.07) is 6.36. The lowest BCUT2D eigenvalue weighted by Crippen LogP contribution is -2.27. The molecule has 7 nitrogen and oxygen atoms in total. The molecule has 154 valence electrons. The number of hydrogen-bond donors (Lipinski definition) is 0. The summed E-state index contributed by atoms with van der Waals surface area (Å²) in [6.07, 6.45) is 9.36. The van der Waals surface area contributed by atoms with Gasteiger partial charge in [-0.25, -0.2) is 18.0 Å². The molecule has 1 aromatic rings. The molecule has 0 radical (unpaired) electrons. The fraction of sp³-hybridized carbons (Fsp3) is 0.333. The van der Waals surface area contributed by atoms with Crippen LogP contribution in [0.2, 0.25) is 0 Å². The van der Waals surface area contributed by atoms with Crippen molar-refractivity contribution in [2.24, 2.45) is 0 Å². The van der Waals surface area contributed by atoms with Gasteiger partial charge in [-0.2, -0.15) is 0 Å². The van der Waals surface area contributed by atoms with Crippen LogP contribution in [0.1, 0.15) is 25.7 Å². The molecule has 0 bridgehead atoms. The van der Waals surface area contributed by atoms with Gasteiger partial charge in [-0.3, -0.25) is 0 Å².